The Hall–Kier alpha value is -2.76. The first kappa shape index (κ1) is 16.1. The molecule has 0 aliphatic carbocycles. The fourth-order valence-electron chi connectivity index (χ4n) is 2.97. The molecule has 1 aliphatic rings. The number of nitrogens with one attached hydrogen (secondary N) is 1. The molecule has 0 atom stereocenters. The monoisotopic (exact) mass is 328 g/mol. The van der Waals surface area contributed by atoms with E-state index in [0.717, 1.165) is 16.7 Å². The van der Waals surface area contributed by atoms with E-state index in [9.17, 15) is 9.59 Å². The summed E-state index contributed by atoms with van der Waals surface area (Å²) in [5, 5.41) is 0. The van der Waals surface area contributed by atoms with Crippen molar-refractivity contribution in [3.05, 3.63) is 57.5 Å². The van der Waals surface area contributed by atoms with Crippen LogP contribution < -0.4 is 15.0 Å². The molecule has 1 amide bonds. The number of H-pyrrole nitrogens is 1. The number of aromatic amines is 1. The molecule has 0 unspecified atom stereocenters. The van der Waals surface area contributed by atoms with Gasteiger partial charge in [-0.2, -0.15) is 0 Å². The summed E-state index contributed by atoms with van der Waals surface area (Å²) in [5.74, 6) is 1.39. The number of hydrogen-bond acceptors (Lipinski definition) is 4. The molecule has 6 heteroatoms. The summed E-state index contributed by atoms with van der Waals surface area (Å²) in [4.78, 5) is 28.5. The van der Waals surface area contributed by atoms with Crippen LogP contribution in [0.3, 0.4) is 0 Å². The van der Waals surface area contributed by atoms with E-state index in [0.29, 0.717) is 31.0 Å². The summed E-state index contributed by atoms with van der Waals surface area (Å²) in [6.07, 6.45) is 2.64. The minimum absolute atomic E-state index is 0.0263. The quantitative estimate of drug-likeness (QED) is 0.924. The molecule has 3 rings (SSSR count). The van der Waals surface area contributed by atoms with Crippen LogP contribution in [-0.2, 0) is 24.2 Å². The Labute approximate surface area is 140 Å². The lowest BCUT2D eigenvalue weighted by Crippen LogP contribution is -2.37. The number of rotatable bonds is 4. The maximum atomic E-state index is 12.7. The average Bonchev–Trinajstić information content (AvgIpc) is 2.61. The zero-order valence-corrected chi connectivity index (χ0v) is 13.8. The highest BCUT2D eigenvalue weighted by atomic mass is 16.5. The zero-order chi connectivity index (χ0) is 17.1. The molecular formula is C18H20N2O4. The van der Waals surface area contributed by atoms with E-state index in [1.54, 1.807) is 43.5 Å². The van der Waals surface area contributed by atoms with Gasteiger partial charge in [-0.25, -0.2) is 0 Å². The van der Waals surface area contributed by atoms with Crippen molar-refractivity contribution in [3.63, 3.8) is 0 Å². The first-order valence-electron chi connectivity index (χ1n) is 7.80. The van der Waals surface area contributed by atoms with Gasteiger partial charge in [-0.05, 0) is 35.7 Å². The maximum absolute atomic E-state index is 12.7. The Morgan fingerprint density at radius 1 is 1.21 bits per heavy atom. The van der Waals surface area contributed by atoms with E-state index in [1.165, 1.54) is 0 Å². The molecule has 1 N–H and O–H groups in total. The number of aromatic nitrogens is 1. The van der Waals surface area contributed by atoms with Crippen LogP contribution in [0.2, 0.25) is 0 Å². The number of benzene rings is 1. The molecule has 6 nitrogen and oxygen atoms in total. The second kappa shape index (κ2) is 6.78. The van der Waals surface area contributed by atoms with Crippen LogP contribution in [0.25, 0.3) is 0 Å². The van der Waals surface area contributed by atoms with Gasteiger partial charge in [0.25, 0.3) is 0 Å². The molecule has 126 valence electrons. The fourth-order valence-corrected chi connectivity index (χ4v) is 2.97. The van der Waals surface area contributed by atoms with Crippen molar-refractivity contribution in [1.29, 1.82) is 0 Å². The van der Waals surface area contributed by atoms with Gasteiger partial charge in [-0.3, -0.25) is 9.59 Å². The summed E-state index contributed by atoms with van der Waals surface area (Å²) in [6, 6.07) is 7.05. The van der Waals surface area contributed by atoms with E-state index in [1.807, 2.05) is 6.07 Å². The number of carbonyl (C=O) groups excluding carboxylic acids is 1. The molecule has 0 bridgehead atoms. The van der Waals surface area contributed by atoms with Crippen LogP contribution in [0.1, 0.15) is 16.7 Å². The van der Waals surface area contributed by atoms with E-state index < -0.39 is 0 Å². The molecule has 1 aromatic heterocycles. The van der Waals surface area contributed by atoms with Crippen molar-refractivity contribution in [3.8, 4) is 11.5 Å². The van der Waals surface area contributed by atoms with E-state index in [4.69, 9.17) is 9.47 Å². The van der Waals surface area contributed by atoms with Gasteiger partial charge >= 0.3 is 0 Å². The first-order chi connectivity index (χ1) is 11.6. The molecule has 0 spiro atoms. The van der Waals surface area contributed by atoms with Gasteiger partial charge in [0.2, 0.25) is 11.5 Å². The Kier molecular flexibility index (Phi) is 4.55. The zero-order valence-electron chi connectivity index (χ0n) is 13.8. The Balaban J connectivity index is 1.76. The molecular weight excluding hydrogens is 308 g/mol. The smallest absolute Gasteiger partial charge is 0.248 e. The summed E-state index contributed by atoms with van der Waals surface area (Å²) in [5.41, 5.74) is 2.71. The van der Waals surface area contributed by atoms with E-state index >= 15 is 0 Å². The fraction of sp³-hybridized carbons (Fsp3) is 0.333. The number of methoxy groups -OCH3 is 2. The third-order valence-corrected chi connectivity index (χ3v) is 4.30. The van der Waals surface area contributed by atoms with Crippen LogP contribution in [-0.4, -0.2) is 36.6 Å². The number of ether oxygens (including phenoxy) is 2. The summed E-state index contributed by atoms with van der Waals surface area (Å²) in [7, 11) is 3.18. The van der Waals surface area contributed by atoms with Crippen molar-refractivity contribution in [1.82, 2.24) is 9.88 Å². The summed E-state index contributed by atoms with van der Waals surface area (Å²) in [6.45, 7) is 1.12. The van der Waals surface area contributed by atoms with Crippen molar-refractivity contribution in [2.24, 2.45) is 0 Å². The first-order valence-corrected chi connectivity index (χ1v) is 7.80. The minimum atomic E-state index is -0.102. The number of nitrogens with zero attached hydrogens (tertiary/aromatic N) is 1. The lowest BCUT2D eigenvalue weighted by molar-refractivity contribution is -0.131. The predicted octanol–water partition coefficient (Wildman–Crippen LogP) is 1.52. The number of amides is 1. The van der Waals surface area contributed by atoms with Gasteiger partial charge in [-0.15, -0.1) is 0 Å². The number of fused-ring (bicyclic) bond motifs is 1. The largest absolute Gasteiger partial charge is 0.497 e. The number of pyridine rings is 1. The standard InChI is InChI=1S/C18H20N2O4/c1-23-15-3-4-16(24-2)13(7-15)9-18(22)20-6-5-12-8-17(21)19-10-14(12)11-20/h3-4,7-8,10H,5-6,9,11H2,1-2H3,(H,19,21). The highest BCUT2D eigenvalue weighted by Crippen LogP contribution is 2.25. The number of hydrogen-bond donors (Lipinski definition) is 1. The van der Waals surface area contributed by atoms with Crippen LogP contribution >= 0.6 is 0 Å². The topological polar surface area (TPSA) is 71.6 Å². The van der Waals surface area contributed by atoms with Crippen molar-refractivity contribution in [2.75, 3.05) is 20.8 Å². The lowest BCUT2D eigenvalue weighted by atomic mass is 10.0. The van der Waals surface area contributed by atoms with Crippen LogP contribution in [0.5, 0.6) is 11.5 Å². The average molecular weight is 328 g/mol. The SMILES string of the molecule is COc1ccc(OC)c(CC(=O)N2CCc3cc(=O)[nH]cc3C2)c1. The molecule has 0 saturated carbocycles. The van der Waals surface area contributed by atoms with E-state index in [2.05, 4.69) is 4.98 Å². The van der Waals surface area contributed by atoms with Gasteiger partial charge < -0.3 is 19.4 Å². The van der Waals surface area contributed by atoms with Crippen molar-refractivity contribution < 1.29 is 14.3 Å². The lowest BCUT2D eigenvalue weighted by Gasteiger charge is -2.28. The Morgan fingerprint density at radius 2 is 2.04 bits per heavy atom. The third kappa shape index (κ3) is 3.27. The highest BCUT2D eigenvalue weighted by molar-refractivity contribution is 5.80. The highest BCUT2D eigenvalue weighted by Gasteiger charge is 2.22. The third-order valence-electron chi connectivity index (χ3n) is 4.30. The molecule has 1 aliphatic heterocycles. The second-order valence-corrected chi connectivity index (χ2v) is 5.77. The molecule has 2 heterocycles. The van der Waals surface area contributed by atoms with Crippen LogP contribution in [0.15, 0.2) is 35.3 Å². The van der Waals surface area contributed by atoms with Gasteiger partial charge in [0, 0.05) is 30.9 Å². The second-order valence-electron chi connectivity index (χ2n) is 5.77. The van der Waals surface area contributed by atoms with Gasteiger partial charge in [0.1, 0.15) is 11.5 Å². The molecule has 0 saturated heterocycles. The Morgan fingerprint density at radius 3 is 2.79 bits per heavy atom. The van der Waals surface area contributed by atoms with Crippen molar-refractivity contribution in [2.45, 2.75) is 19.4 Å². The summed E-state index contributed by atoms with van der Waals surface area (Å²) >= 11 is 0. The predicted molar refractivity (Wildman–Crippen MR) is 89.4 cm³/mol. The van der Waals surface area contributed by atoms with E-state index in [-0.39, 0.29) is 17.9 Å². The normalized spacial score (nSPS) is 13.3. The molecule has 2 aromatic rings. The van der Waals surface area contributed by atoms with Crippen LogP contribution in [0.4, 0.5) is 0 Å². The van der Waals surface area contributed by atoms with Crippen molar-refractivity contribution >= 4 is 5.91 Å². The van der Waals surface area contributed by atoms with Gasteiger partial charge in [0.05, 0.1) is 20.6 Å². The maximum Gasteiger partial charge on any atom is 0.248 e. The number of carbonyl (C=O) groups is 1. The molecule has 0 radical (unpaired) electrons. The minimum Gasteiger partial charge on any atom is -0.497 e. The molecule has 1 aromatic carbocycles. The van der Waals surface area contributed by atoms with Crippen LogP contribution in [0, 0.1) is 0 Å². The van der Waals surface area contributed by atoms with Gasteiger partial charge in [-0.1, -0.05) is 0 Å². The van der Waals surface area contributed by atoms with Gasteiger partial charge in [0.15, 0.2) is 0 Å². The molecule has 24 heavy (non-hydrogen) atoms. The summed E-state index contributed by atoms with van der Waals surface area (Å²) < 4.78 is 10.6. The Bertz CT molecular complexity index is 813. The molecule has 0 fully saturated rings.